The van der Waals surface area contributed by atoms with Gasteiger partial charge in [0, 0.05) is 26.9 Å². The second-order valence-corrected chi connectivity index (χ2v) is 21.6. The van der Waals surface area contributed by atoms with Crippen LogP contribution in [0.15, 0.2) is 89.6 Å². The monoisotopic (exact) mass is 787 g/mol. The first kappa shape index (κ1) is 25.6. The molecule has 0 atom stereocenters. The molecule has 3 nitrogen and oxygen atoms in total. The summed E-state index contributed by atoms with van der Waals surface area (Å²) in [4.78, 5) is 8.68. The molecule has 0 unspecified atom stereocenters. The van der Waals surface area contributed by atoms with E-state index in [1.807, 2.05) is 48.7 Å². The van der Waals surface area contributed by atoms with Crippen LogP contribution in [0, 0.1) is 24.8 Å². The molecule has 0 aliphatic rings. The van der Waals surface area contributed by atoms with Gasteiger partial charge in [-0.3, -0.25) is 0 Å². The predicted molar refractivity (Wildman–Crippen MR) is 166 cm³/mol. The van der Waals surface area contributed by atoms with Gasteiger partial charge in [-0.25, -0.2) is 4.39 Å². The van der Waals surface area contributed by atoms with E-state index in [1.54, 1.807) is 32.0 Å². The Hall–Kier alpha value is -3.12. The van der Waals surface area contributed by atoms with Crippen LogP contribution >= 0.6 is 0 Å². The molecule has 0 bridgehead atoms. The number of pyridine rings is 2. The van der Waals surface area contributed by atoms with Crippen LogP contribution in [-0.4, -0.2) is 23.2 Å². The van der Waals surface area contributed by atoms with Gasteiger partial charge in [0.15, 0.2) is 0 Å². The smallest absolute Gasteiger partial charge is 0 e. The normalized spacial score (nSPS) is 13.3. The average molecular weight is 786 g/mol. The Balaban J connectivity index is 0.000000204. The summed E-state index contributed by atoms with van der Waals surface area (Å²) in [6, 6.07) is 28.4. The van der Waals surface area contributed by atoms with Gasteiger partial charge in [0.1, 0.15) is 11.4 Å². The average Bonchev–Trinajstić information content (AvgIpc) is 3.36. The van der Waals surface area contributed by atoms with Crippen LogP contribution in [0.2, 0.25) is 17.3 Å². The first-order valence-electron chi connectivity index (χ1n) is 15.1. The van der Waals surface area contributed by atoms with E-state index < -0.39 is 31.8 Å². The van der Waals surface area contributed by atoms with Gasteiger partial charge in [-0.15, -0.1) is 18.2 Å². The van der Waals surface area contributed by atoms with Crippen LogP contribution in [-0.2, 0) is 20.1 Å². The third-order valence-corrected chi connectivity index (χ3v) is 11.0. The molecule has 0 aliphatic heterocycles. The van der Waals surface area contributed by atoms with Crippen molar-refractivity contribution in [3.05, 3.63) is 114 Å². The molecule has 211 valence electrons. The molecule has 41 heavy (non-hydrogen) atoms. The summed E-state index contributed by atoms with van der Waals surface area (Å²) in [6.45, 7) is 1.23. The van der Waals surface area contributed by atoms with E-state index >= 15 is 0 Å². The van der Waals surface area contributed by atoms with Crippen molar-refractivity contribution in [1.29, 1.82) is 0 Å². The molecule has 0 aliphatic carbocycles. The van der Waals surface area contributed by atoms with E-state index in [0.717, 1.165) is 33.8 Å². The van der Waals surface area contributed by atoms with Gasteiger partial charge in [0.25, 0.3) is 0 Å². The van der Waals surface area contributed by atoms with E-state index in [9.17, 15) is 4.39 Å². The van der Waals surface area contributed by atoms with E-state index in [-0.39, 0.29) is 20.1 Å². The quantitative estimate of drug-likeness (QED) is 0.132. The van der Waals surface area contributed by atoms with Crippen LogP contribution < -0.4 is 4.40 Å². The van der Waals surface area contributed by atoms with Crippen molar-refractivity contribution >= 4 is 39.6 Å². The van der Waals surface area contributed by atoms with Crippen molar-refractivity contribution in [2.75, 3.05) is 0 Å². The second-order valence-electron chi connectivity index (χ2n) is 10.9. The van der Waals surface area contributed by atoms with Crippen LogP contribution in [0.1, 0.15) is 36.4 Å². The molecule has 3 aromatic heterocycles. The number of aromatic nitrogens is 2. The molecule has 3 heterocycles. The number of nitrogens with zero attached hydrogens (tertiary/aromatic N) is 2. The summed E-state index contributed by atoms with van der Waals surface area (Å²) in [6.07, 6.45) is 3.11. The maximum atomic E-state index is 14.0. The van der Waals surface area contributed by atoms with Gasteiger partial charge in [-0.2, -0.15) is 0 Å². The van der Waals surface area contributed by atoms with E-state index in [1.165, 1.54) is 10.5 Å². The first-order valence-corrected chi connectivity index (χ1v) is 20.4. The summed E-state index contributed by atoms with van der Waals surface area (Å²) in [5.41, 5.74) is 4.95. The number of benzene rings is 3. The zero-order valence-corrected chi connectivity index (χ0v) is 28.1. The second kappa shape index (κ2) is 12.8. The maximum absolute atomic E-state index is 14.0. The number of para-hydroxylation sites is 1. The van der Waals surface area contributed by atoms with Crippen molar-refractivity contribution in [1.82, 2.24) is 9.97 Å². The van der Waals surface area contributed by atoms with Crippen LogP contribution in [0.25, 0.3) is 44.5 Å². The minimum atomic E-state index is -2.08. The zero-order valence-electron chi connectivity index (χ0n) is 27.6. The Morgan fingerprint density at radius 2 is 1.71 bits per heavy atom. The predicted octanol–water partition coefficient (Wildman–Crippen LogP) is 9.11. The molecule has 6 aromatic rings. The first-order chi connectivity index (χ1) is 20.6. The largest absolute Gasteiger partial charge is 0 e. The fourth-order valence-electron chi connectivity index (χ4n) is 4.42. The van der Waals surface area contributed by atoms with Gasteiger partial charge < -0.3 is 9.40 Å². The SMILES string of the molecule is [2H]C(C)(C)c1cc(-c2[c-]ccc3c2oc2ccccc23)ncc1F.[2H]C([2H])([2H])c1c[c-]c(-c2cc[c]([Ge]([CH3])([CH3])[CH3])cn2)cc1.[Ir]. The van der Waals surface area contributed by atoms with Crippen molar-refractivity contribution in [3.63, 3.8) is 0 Å². The molecule has 0 fully saturated rings. The molecule has 0 spiro atoms. The molecule has 0 saturated heterocycles. The number of aryl methyl sites for hydroxylation is 1. The standard InChI is InChI=1S/C20H15FNO.C15H18GeN.Ir/c1-12(2)16-10-18(22-11-17(16)21)15-8-5-7-14-13-6-3-4-9-19(13)23-20(14)15;1-12-5-7-13(8-6-12)15-10-9-14(11-17-15)16(2,3)4;/h3-7,9-12H,1-2H3;5-7,9-11H,1-4H3;/q2*-1;/i12D;1D3;. The van der Waals surface area contributed by atoms with E-state index in [0.29, 0.717) is 28.0 Å². The van der Waals surface area contributed by atoms with Crippen LogP contribution in [0.5, 0.6) is 0 Å². The molecule has 3 aromatic carbocycles. The number of hydrogen-bond donors (Lipinski definition) is 0. The summed E-state index contributed by atoms with van der Waals surface area (Å²) >= 11 is -1.83. The fraction of sp³-hybridized carbons (Fsp3) is 0.200. The van der Waals surface area contributed by atoms with Gasteiger partial charge in [0.2, 0.25) is 0 Å². The van der Waals surface area contributed by atoms with Crippen LogP contribution in [0.3, 0.4) is 0 Å². The summed E-state index contributed by atoms with van der Waals surface area (Å²) < 4.78 is 51.6. The molecule has 0 amide bonds. The third kappa shape index (κ3) is 6.86. The Morgan fingerprint density at radius 1 is 0.927 bits per heavy atom. The zero-order chi connectivity index (χ0) is 31.9. The molecular formula is C35H33FGeIrN2O-2. The molecule has 0 saturated carbocycles. The molecule has 6 heteroatoms. The summed E-state index contributed by atoms with van der Waals surface area (Å²) in [7, 11) is 0. The van der Waals surface area contributed by atoms with Gasteiger partial charge >= 0.3 is 110 Å². The minimum absolute atomic E-state index is 0. The van der Waals surface area contributed by atoms with Gasteiger partial charge in [-0.05, 0) is 23.2 Å². The molecule has 6 rings (SSSR count). The Kier molecular flexibility index (Phi) is 7.99. The number of rotatable bonds is 4. The van der Waals surface area contributed by atoms with Crippen molar-refractivity contribution in [3.8, 4) is 22.5 Å². The van der Waals surface area contributed by atoms with Crippen molar-refractivity contribution in [2.45, 2.75) is 43.9 Å². The van der Waals surface area contributed by atoms with Crippen molar-refractivity contribution in [2.24, 2.45) is 0 Å². The molecule has 1 radical (unpaired) electrons. The summed E-state index contributed by atoms with van der Waals surface area (Å²) in [5, 5.41) is 1.99. The van der Waals surface area contributed by atoms with E-state index in [4.69, 9.17) is 9.90 Å². The Bertz CT molecular complexity index is 1870. The number of hydrogen-bond acceptors (Lipinski definition) is 3. The fourth-order valence-corrected chi connectivity index (χ4v) is 6.59. The van der Waals surface area contributed by atoms with Gasteiger partial charge in [-0.1, -0.05) is 49.1 Å². The number of fused-ring (bicyclic) bond motifs is 3. The minimum Gasteiger partial charge on any atom is 0 e. The topological polar surface area (TPSA) is 38.9 Å². The van der Waals surface area contributed by atoms with Gasteiger partial charge in [0.05, 0.1) is 11.8 Å². The maximum Gasteiger partial charge on any atom is 0 e. The third-order valence-electron chi connectivity index (χ3n) is 6.71. The molecular weight excluding hydrogens is 748 g/mol. The Morgan fingerprint density at radius 3 is 2.37 bits per heavy atom. The van der Waals surface area contributed by atoms with E-state index in [2.05, 4.69) is 45.4 Å². The van der Waals surface area contributed by atoms with Crippen LogP contribution in [0.4, 0.5) is 4.39 Å². The van der Waals surface area contributed by atoms with Crippen molar-refractivity contribution < 1.29 is 34.4 Å². The number of halogens is 1. The Labute approximate surface area is 263 Å². The summed E-state index contributed by atoms with van der Waals surface area (Å²) in [5.74, 6) is 5.45. The molecule has 0 N–H and O–H groups in total. The number of furan rings is 1.